The highest BCUT2D eigenvalue weighted by atomic mass is 19.1. The second-order valence-corrected chi connectivity index (χ2v) is 5.83. The predicted molar refractivity (Wildman–Crippen MR) is 95.6 cm³/mol. The Balaban J connectivity index is 2.07. The topological polar surface area (TPSA) is 49.8 Å². The van der Waals surface area contributed by atoms with Gasteiger partial charge in [-0.2, -0.15) is 0 Å². The van der Waals surface area contributed by atoms with Gasteiger partial charge in [-0.3, -0.25) is 4.79 Å². The largest absolute Gasteiger partial charge is 0.497 e. The van der Waals surface area contributed by atoms with E-state index in [4.69, 9.17) is 4.74 Å². The van der Waals surface area contributed by atoms with E-state index in [9.17, 15) is 14.3 Å². The van der Waals surface area contributed by atoms with Crippen LogP contribution in [0.25, 0.3) is 6.08 Å². The molecule has 1 amide bonds. The lowest BCUT2D eigenvalue weighted by atomic mass is 10.1. The van der Waals surface area contributed by atoms with E-state index in [0.717, 1.165) is 0 Å². The van der Waals surface area contributed by atoms with Gasteiger partial charge in [-0.25, -0.2) is 4.39 Å². The van der Waals surface area contributed by atoms with Crippen molar-refractivity contribution in [3.63, 3.8) is 0 Å². The quantitative estimate of drug-likeness (QED) is 0.818. The summed E-state index contributed by atoms with van der Waals surface area (Å²) in [5, 5.41) is 10.3. The molecule has 0 fully saturated rings. The molecule has 0 aromatic heterocycles. The van der Waals surface area contributed by atoms with Crippen molar-refractivity contribution in [2.75, 3.05) is 20.7 Å². The number of hydrogen-bond donors (Lipinski definition) is 1. The molecule has 2 rings (SSSR count). The number of nitrogens with zero attached hydrogens (tertiary/aromatic N) is 1. The maximum Gasteiger partial charge on any atom is 0.249 e. The van der Waals surface area contributed by atoms with Crippen LogP contribution >= 0.6 is 0 Å². The Morgan fingerprint density at radius 1 is 1.28 bits per heavy atom. The molecule has 0 radical (unpaired) electrons. The van der Waals surface area contributed by atoms with E-state index in [1.54, 1.807) is 63.5 Å². The van der Waals surface area contributed by atoms with Gasteiger partial charge in [0.25, 0.3) is 0 Å². The second kappa shape index (κ2) is 8.44. The van der Waals surface area contributed by atoms with Crippen LogP contribution in [0.1, 0.15) is 24.2 Å². The van der Waals surface area contributed by atoms with Crippen molar-refractivity contribution >= 4 is 12.0 Å². The fourth-order valence-electron chi connectivity index (χ4n) is 2.48. The molecule has 0 spiro atoms. The van der Waals surface area contributed by atoms with Crippen LogP contribution in [-0.2, 0) is 4.79 Å². The maximum absolute atomic E-state index is 13.7. The van der Waals surface area contributed by atoms with Gasteiger partial charge in [0.1, 0.15) is 11.6 Å². The molecule has 4 nitrogen and oxygen atoms in total. The van der Waals surface area contributed by atoms with Crippen molar-refractivity contribution in [1.82, 2.24) is 4.90 Å². The van der Waals surface area contributed by atoms with Crippen molar-refractivity contribution in [1.29, 1.82) is 0 Å². The molecule has 2 aromatic carbocycles. The van der Waals surface area contributed by atoms with E-state index in [1.165, 1.54) is 17.0 Å². The first-order chi connectivity index (χ1) is 11.9. The molecule has 2 aromatic rings. The molecule has 0 aliphatic heterocycles. The van der Waals surface area contributed by atoms with Crippen LogP contribution in [0.4, 0.5) is 4.39 Å². The minimum Gasteiger partial charge on any atom is -0.497 e. The molecule has 1 atom stereocenters. The molecule has 132 valence electrons. The summed E-state index contributed by atoms with van der Waals surface area (Å²) in [5.41, 5.74) is 1.41. The van der Waals surface area contributed by atoms with Crippen LogP contribution in [0.2, 0.25) is 0 Å². The minimum atomic E-state index is -0.842. The predicted octanol–water partition coefficient (Wildman–Crippen LogP) is 3.43. The monoisotopic (exact) mass is 343 g/mol. The molecular weight excluding hydrogens is 321 g/mol. The van der Waals surface area contributed by atoms with Gasteiger partial charge in [0.15, 0.2) is 0 Å². The first kappa shape index (κ1) is 18.7. The van der Waals surface area contributed by atoms with Gasteiger partial charge < -0.3 is 14.7 Å². The molecule has 0 saturated heterocycles. The zero-order valence-electron chi connectivity index (χ0n) is 14.6. The Bertz CT molecular complexity index is 773. The number of carbonyl (C=O) groups excluding carboxylic acids is 1. The minimum absolute atomic E-state index is 0.119. The average molecular weight is 343 g/mol. The highest BCUT2D eigenvalue weighted by Gasteiger charge is 2.17. The number of amides is 1. The Kier molecular flexibility index (Phi) is 6.31. The van der Waals surface area contributed by atoms with Crippen molar-refractivity contribution in [3.05, 3.63) is 71.0 Å². The average Bonchev–Trinajstić information content (AvgIpc) is 2.62. The summed E-state index contributed by atoms with van der Waals surface area (Å²) in [7, 11) is 3.16. The maximum atomic E-state index is 13.7. The Morgan fingerprint density at radius 3 is 2.68 bits per heavy atom. The lowest BCUT2D eigenvalue weighted by Gasteiger charge is -2.22. The Morgan fingerprint density at radius 2 is 2.00 bits per heavy atom. The van der Waals surface area contributed by atoms with Gasteiger partial charge in [-0.05, 0) is 36.8 Å². The third kappa shape index (κ3) is 4.90. The molecule has 1 unspecified atom stereocenters. The van der Waals surface area contributed by atoms with Crippen LogP contribution in [0.3, 0.4) is 0 Å². The SMILES string of the molecule is COc1cccc(C(O)CN(C)C(=O)/C(C)=C/c2ccccc2F)c1. The zero-order valence-corrected chi connectivity index (χ0v) is 14.6. The number of halogens is 1. The second-order valence-electron chi connectivity index (χ2n) is 5.83. The smallest absolute Gasteiger partial charge is 0.249 e. The number of hydrogen-bond acceptors (Lipinski definition) is 3. The van der Waals surface area contributed by atoms with Gasteiger partial charge in [0.05, 0.1) is 19.8 Å². The molecule has 0 aliphatic carbocycles. The number of likely N-dealkylation sites (N-methyl/N-ethyl adjacent to an activating group) is 1. The van der Waals surface area contributed by atoms with Crippen molar-refractivity contribution in [2.45, 2.75) is 13.0 Å². The molecular formula is C20H22FNO3. The van der Waals surface area contributed by atoms with Gasteiger partial charge in [0.2, 0.25) is 5.91 Å². The van der Waals surface area contributed by atoms with Gasteiger partial charge in [-0.15, -0.1) is 0 Å². The van der Waals surface area contributed by atoms with Crippen molar-refractivity contribution in [2.24, 2.45) is 0 Å². The van der Waals surface area contributed by atoms with Crippen LogP contribution < -0.4 is 4.74 Å². The summed E-state index contributed by atoms with van der Waals surface area (Å²) < 4.78 is 18.8. The molecule has 0 bridgehead atoms. The fourth-order valence-corrected chi connectivity index (χ4v) is 2.48. The number of ether oxygens (including phenoxy) is 1. The molecule has 0 aliphatic rings. The molecule has 0 heterocycles. The van der Waals surface area contributed by atoms with E-state index < -0.39 is 6.10 Å². The number of aliphatic hydroxyl groups is 1. The highest BCUT2D eigenvalue weighted by molar-refractivity contribution is 5.97. The number of aliphatic hydroxyl groups excluding tert-OH is 1. The summed E-state index contributed by atoms with van der Waals surface area (Å²) >= 11 is 0. The highest BCUT2D eigenvalue weighted by Crippen LogP contribution is 2.20. The van der Waals surface area contributed by atoms with Gasteiger partial charge >= 0.3 is 0 Å². The van der Waals surface area contributed by atoms with E-state index in [2.05, 4.69) is 0 Å². The first-order valence-corrected chi connectivity index (χ1v) is 7.92. The zero-order chi connectivity index (χ0) is 18.4. The molecule has 25 heavy (non-hydrogen) atoms. The number of benzene rings is 2. The van der Waals surface area contributed by atoms with Crippen LogP contribution in [-0.4, -0.2) is 36.6 Å². The Labute approximate surface area is 147 Å². The van der Waals surface area contributed by atoms with Crippen LogP contribution in [0.5, 0.6) is 5.75 Å². The lowest BCUT2D eigenvalue weighted by molar-refractivity contribution is -0.127. The summed E-state index contributed by atoms with van der Waals surface area (Å²) in [4.78, 5) is 13.9. The van der Waals surface area contributed by atoms with E-state index >= 15 is 0 Å². The number of carbonyl (C=O) groups is 1. The van der Waals surface area contributed by atoms with Crippen molar-refractivity contribution in [3.8, 4) is 5.75 Å². The number of rotatable bonds is 6. The lowest BCUT2D eigenvalue weighted by Crippen LogP contribution is -2.31. The molecule has 1 N–H and O–H groups in total. The summed E-state index contributed by atoms with van der Waals surface area (Å²) in [6.07, 6.45) is 0.664. The first-order valence-electron chi connectivity index (χ1n) is 7.92. The Hall–Kier alpha value is -2.66. The third-order valence-electron chi connectivity index (χ3n) is 3.89. The standard InChI is InChI=1S/C20H22FNO3/c1-14(11-15-7-4-5-10-18(15)21)20(24)22(2)13-19(23)16-8-6-9-17(12-16)25-3/h4-12,19,23H,13H2,1-3H3/b14-11+. The summed E-state index contributed by atoms with van der Waals surface area (Å²) in [5.74, 6) is -0.0138. The van der Waals surface area contributed by atoms with E-state index in [1.807, 2.05) is 0 Å². The molecule has 5 heteroatoms. The normalized spacial score (nSPS) is 12.6. The van der Waals surface area contributed by atoms with Crippen LogP contribution in [0.15, 0.2) is 54.1 Å². The van der Waals surface area contributed by atoms with Gasteiger partial charge in [0, 0.05) is 18.2 Å². The fraction of sp³-hybridized carbons (Fsp3) is 0.250. The van der Waals surface area contributed by atoms with Crippen LogP contribution in [0, 0.1) is 5.82 Å². The van der Waals surface area contributed by atoms with Crippen molar-refractivity contribution < 1.29 is 19.0 Å². The summed E-state index contributed by atoms with van der Waals surface area (Å²) in [6.45, 7) is 1.75. The third-order valence-corrected chi connectivity index (χ3v) is 3.89. The van der Waals surface area contributed by atoms with E-state index in [0.29, 0.717) is 22.4 Å². The van der Waals surface area contributed by atoms with Gasteiger partial charge in [-0.1, -0.05) is 30.3 Å². The number of methoxy groups -OCH3 is 1. The van der Waals surface area contributed by atoms with E-state index in [-0.39, 0.29) is 18.3 Å². The summed E-state index contributed by atoms with van der Waals surface area (Å²) in [6, 6.07) is 13.3. The molecule has 0 saturated carbocycles.